The van der Waals surface area contributed by atoms with Crippen molar-refractivity contribution in [2.45, 2.75) is 25.8 Å². The molecule has 3 rings (SSSR count). The van der Waals surface area contributed by atoms with Crippen LogP contribution in [0.1, 0.15) is 17.5 Å². The Morgan fingerprint density at radius 3 is 2.46 bits per heavy atom. The van der Waals surface area contributed by atoms with E-state index in [1.807, 2.05) is 31.2 Å². The van der Waals surface area contributed by atoms with Crippen LogP contribution >= 0.6 is 0 Å². The van der Waals surface area contributed by atoms with Gasteiger partial charge >= 0.3 is 0 Å². The van der Waals surface area contributed by atoms with Crippen molar-refractivity contribution in [1.82, 2.24) is 5.32 Å². The molecule has 0 bridgehead atoms. The molecular weight excluding hydrogens is 334 g/mol. The first-order chi connectivity index (χ1) is 12.4. The number of hydrogen-bond acceptors (Lipinski definition) is 4. The van der Waals surface area contributed by atoms with Crippen LogP contribution in [0, 0.1) is 17.0 Å². The maximum atomic E-state index is 12.2. The summed E-state index contributed by atoms with van der Waals surface area (Å²) in [6.45, 7) is 2.42. The van der Waals surface area contributed by atoms with Gasteiger partial charge in [0.2, 0.25) is 11.8 Å². The van der Waals surface area contributed by atoms with E-state index in [0.29, 0.717) is 12.1 Å². The summed E-state index contributed by atoms with van der Waals surface area (Å²) >= 11 is 0. The minimum atomic E-state index is -0.479. The van der Waals surface area contributed by atoms with Crippen LogP contribution in [-0.2, 0) is 16.0 Å². The van der Waals surface area contributed by atoms with Gasteiger partial charge in [0.1, 0.15) is 0 Å². The molecule has 1 aliphatic rings. The van der Waals surface area contributed by atoms with Crippen molar-refractivity contribution < 1.29 is 14.5 Å². The van der Waals surface area contributed by atoms with Crippen LogP contribution in [-0.4, -0.2) is 29.3 Å². The number of aryl methyl sites for hydroxylation is 1. The fourth-order valence-electron chi connectivity index (χ4n) is 2.98. The van der Waals surface area contributed by atoms with Gasteiger partial charge in [-0.2, -0.15) is 0 Å². The number of anilines is 1. The predicted molar refractivity (Wildman–Crippen MR) is 96.9 cm³/mol. The summed E-state index contributed by atoms with van der Waals surface area (Å²) in [7, 11) is 0. The minimum Gasteiger partial charge on any atom is -0.351 e. The first-order valence-electron chi connectivity index (χ1n) is 8.32. The lowest BCUT2D eigenvalue weighted by Crippen LogP contribution is -2.38. The van der Waals surface area contributed by atoms with Crippen molar-refractivity contribution in [1.29, 1.82) is 0 Å². The van der Waals surface area contributed by atoms with E-state index in [0.717, 1.165) is 11.3 Å². The topological polar surface area (TPSA) is 92.6 Å². The van der Waals surface area contributed by atoms with Gasteiger partial charge < -0.3 is 10.2 Å². The number of nitrogens with one attached hydrogen (secondary N) is 1. The average molecular weight is 353 g/mol. The van der Waals surface area contributed by atoms with Crippen LogP contribution in [0.3, 0.4) is 0 Å². The molecule has 0 radical (unpaired) electrons. The molecular formula is C19H19N3O4. The smallest absolute Gasteiger partial charge is 0.269 e. The van der Waals surface area contributed by atoms with E-state index in [4.69, 9.17) is 0 Å². The Balaban J connectivity index is 1.57. The Bertz CT molecular complexity index is 831. The van der Waals surface area contributed by atoms with Gasteiger partial charge in [0, 0.05) is 30.8 Å². The quantitative estimate of drug-likeness (QED) is 0.660. The van der Waals surface area contributed by atoms with Gasteiger partial charge in [-0.25, -0.2) is 0 Å². The molecule has 7 heteroatoms. The highest BCUT2D eigenvalue weighted by atomic mass is 16.6. The molecule has 0 spiro atoms. The maximum Gasteiger partial charge on any atom is 0.269 e. The van der Waals surface area contributed by atoms with Gasteiger partial charge in [-0.3, -0.25) is 19.7 Å². The van der Waals surface area contributed by atoms with Gasteiger partial charge in [0.05, 0.1) is 17.4 Å². The summed E-state index contributed by atoms with van der Waals surface area (Å²) in [5.41, 5.74) is 2.62. The molecule has 1 atom stereocenters. The summed E-state index contributed by atoms with van der Waals surface area (Å²) < 4.78 is 0. The third-order valence-corrected chi connectivity index (χ3v) is 4.35. The Labute approximate surface area is 150 Å². The van der Waals surface area contributed by atoms with Crippen molar-refractivity contribution in [2.75, 3.05) is 11.4 Å². The van der Waals surface area contributed by atoms with Crippen molar-refractivity contribution in [3.63, 3.8) is 0 Å². The summed E-state index contributed by atoms with van der Waals surface area (Å²) in [6.07, 6.45) is 0.382. The highest BCUT2D eigenvalue weighted by Gasteiger charge is 2.31. The molecule has 1 N–H and O–H groups in total. The second kappa shape index (κ2) is 7.35. The average Bonchev–Trinajstić information content (AvgIpc) is 2.96. The molecule has 1 aliphatic heterocycles. The number of amides is 2. The molecule has 26 heavy (non-hydrogen) atoms. The van der Waals surface area contributed by atoms with Gasteiger partial charge in [0.25, 0.3) is 5.69 Å². The third-order valence-electron chi connectivity index (χ3n) is 4.35. The van der Waals surface area contributed by atoms with E-state index in [-0.39, 0.29) is 36.4 Å². The third kappa shape index (κ3) is 4.05. The fourth-order valence-corrected chi connectivity index (χ4v) is 2.98. The second-order valence-electron chi connectivity index (χ2n) is 6.41. The number of nitrogens with zero attached hydrogens (tertiary/aromatic N) is 2. The number of rotatable bonds is 5. The molecule has 2 aromatic rings. The second-order valence-corrected chi connectivity index (χ2v) is 6.41. The number of non-ortho nitro benzene ring substituents is 1. The van der Waals surface area contributed by atoms with Gasteiger partial charge in [-0.15, -0.1) is 0 Å². The lowest BCUT2D eigenvalue weighted by Gasteiger charge is -2.17. The summed E-state index contributed by atoms with van der Waals surface area (Å²) in [4.78, 5) is 36.3. The maximum absolute atomic E-state index is 12.2. The SMILES string of the molecule is Cc1ccc(N2C[C@@H](NC(=O)Cc3ccc([N+](=O)[O-])cc3)CC2=O)cc1. The normalized spacial score (nSPS) is 16.6. The standard InChI is InChI=1S/C19H19N3O4/c1-13-2-6-16(7-3-13)21-12-15(11-19(21)24)20-18(23)10-14-4-8-17(9-5-14)22(25)26/h2-9,15H,10-12H2,1H3,(H,20,23)/t15-/m0/s1. The van der Waals surface area contributed by atoms with E-state index < -0.39 is 4.92 Å². The zero-order valence-corrected chi connectivity index (χ0v) is 14.3. The lowest BCUT2D eigenvalue weighted by atomic mass is 10.1. The number of nitro groups is 1. The van der Waals surface area contributed by atoms with Crippen molar-refractivity contribution in [3.8, 4) is 0 Å². The molecule has 0 aliphatic carbocycles. The number of carbonyl (C=O) groups is 2. The first-order valence-corrected chi connectivity index (χ1v) is 8.32. The van der Waals surface area contributed by atoms with E-state index in [9.17, 15) is 19.7 Å². The van der Waals surface area contributed by atoms with Crippen LogP contribution in [0.25, 0.3) is 0 Å². The molecule has 1 heterocycles. The zero-order valence-electron chi connectivity index (χ0n) is 14.3. The van der Waals surface area contributed by atoms with Gasteiger partial charge in [-0.1, -0.05) is 29.8 Å². The summed E-state index contributed by atoms with van der Waals surface area (Å²) in [5, 5.41) is 13.5. The Kier molecular flexibility index (Phi) is 4.97. The minimum absolute atomic E-state index is 0.00992. The summed E-state index contributed by atoms with van der Waals surface area (Å²) in [6, 6.07) is 13.3. The number of nitro benzene ring substituents is 1. The van der Waals surface area contributed by atoms with E-state index >= 15 is 0 Å². The molecule has 1 saturated heterocycles. The molecule has 0 aromatic heterocycles. The van der Waals surface area contributed by atoms with Gasteiger partial charge in [0.15, 0.2) is 0 Å². The van der Waals surface area contributed by atoms with E-state index in [1.165, 1.54) is 12.1 Å². The van der Waals surface area contributed by atoms with Crippen LogP contribution in [0.5, 0.6) is 0 Å². The van der Waals surface area contributed by atoms with E-state index in [2.05, 4.69) is 5.32 Å². The number of carbonyl (C=O) groups excluding carboxylic acids is 2. The molecule has 2 aromatic carbocycles. The monoisotopic (exact) mass is 353 g/mol. The van der Waals surface area contributed by atoms with Crippen molar-refractivity contribution in [2.24, 2.45) is 0 Å². The summed E-state index contributed by atoms with van der Waals surface area (Å²) in [5.74, 6) is -0.225. The predicted octanol–water partition coefficient (Wildman–Crippen LogP) is 2.37. The molecule has 0 unspecified atom stereocenters. The number of hydrogen-bond donors (Lipinski definition) is 1. The van der Waals surface area contributed by atoms with Gasteiger partial charge in [-0.05, 0) is 24.6 Å². The van der Waals surface area contributed by atoms with Crippen molar-refractivity contribution in [3.05, 3.63) is 69.8 Å². The number of benzene rings is 2. The zero-order chi connectivity index (χ0) is 18.7. The first kappa shape index (κ1) is 17.6. The van der Waals surface area contributed by atoms with Crippen LogP contribution in [0.4, 0.5) is 11.4 Å². The highest BCUT2D eigenvalue weighted by Crippen LogP contribution is 2.22. The molecule has 0 saturated carbocycles. The fraction of sp³-hybridized carbons (Fsp3) is 0.263. The van der Waals surface area contributed by atoms with Crippen LogP contribution in [0.15, 0.2) is 48.5 Å². The largest absolute Gasteiger partial charge is 0.351 e. The molecule has 2 amide bonds. The Morgan fingerprint density at radius 2 is 1.85 bits per heavy atom. The van der Waals surface area contributed by atoms with Crippen LogP contribution < -0.4 is 10.2 Å². The van der Waals surface area contributed by atoms with E-state index in [1.54, 1.807) is 17.0 Å². The van der Waals surface area contributed by atoms with Crippen molar-refractivity contribution >= 4 is 23.2 Å². The molecule has 134 valence electrons. The molecule has 7 nitrogen and oxygen atoms in total. The lowest BCUT2D eigenvalue weighted by molar-refractivity contribution is -0.384. The van der Waals surface area contributed by atoms with Crippen LogP contribution in [0.2, 0.25) is 0 Å². The highest BCUT2D eigenvalue weighted by molar-refractivity contribution is 5.96. The molecule has 1 fully saturated rings. The Morgan fingerprint density at radius 1 is 1.19 bits per heavy atom. The Hall–Kier alpha value is -3.22.